The predicted octanol–water partition coefficient (Wildman–Crippen LogP) is 1.91. The van der Waals surface area contributed by atoms with Crippen LogP contribution >= 0.6 is 0 Å². The maximum atomic E-state index is 12.9. The summed E-state index contributed by atoms with van der Waals surface area (Å²) >= 11 is 0. The van der Waals surface area contributed by atoms with Gasteiger partial charge in [0, 0.05) is 38.6 Å². The van der Waals surface area contributed by atoms with Crippen LogP contribution in [0.5, 0.6) is 0 Å². The summed E-state index contributed by atoms with van der Waals surface area (Å²) in [6.45, 7) is 7.67. The van der Waals surface area contributed by atoms with Crippen molar-refractivity contribution in [2.24, 2.45) is 5.92 Å². The van der Waals surface area contributed by atoms with Gasteiger partial charge in [-0.3, -0.25) is 9.59 Å². The van der Waals surface area contributed by atoms with Gasteiger partial charge in [-0.2, -0.15) is 0 Å². The van der Waals surface area contributed by atoms with Crippen LogP contribution in [0.15, 0.2) is 10.5 Å². The third-order valence-electron chi connectivity index (χ3n) is 5.52. The highest BCUT2D eigenvalue weighted by molar-refractivity contribution is 5.95. The zero-order valence-corrected chi connectivity index (χ0v) is 15.9. The Morgan fingerprint density at radius 1 is 1.32 bits per heavy atom. The Labute approximate surface area is 149 Å². The number of aryl methyl sites for hydroxylation is 2. The van der Waals surface area contributed by atoms with E-state index in [0.29, 0.717) is 23.8 Å². The third-order valence-corrected chi connectivity index (χ3v) is 5.52. The number of rotatable bonds is 3. The van der Waals surface area contributed by atoms with E-state index >= 15 is 0 Å². The molecule has 2 aliphatic heterocycles. The van der Waals surface area contributed by atoms with Crippen molar-refractivity contribution in [2.45, 2.75) is 45.7 Å². The molecule has 3 heterocycles. The largest absolute Gasteiger partial charge is 0.466 e. The van der Waals surface area contributed by atoms with E-state index in [1.54, 1.807) is 6.92 Å². The molecule has 0 radical (unpaired) electrons. The number of amides is 2. The SMILES string of the molecule is CC(=O)N1[C@H](CN(C)C)C[C@@H]2CN(C(=O)c3cc(C)oc3C)CC[C@@H]21. The van der Waals surface area contributed by atoms with E-state index in [9.17, 15) is 9.59 Å². The van der Waals surface area contributed by atoms with Crippen LogP contribution in [0.3, 0.4) is 0 Å². The van der Waals surface area contributed by atoms with Crippen LogP contribution in [-0.2, 0) is 4.79 Å². The van der Waals surface area contributed by atoms with Gasteiger partial charge in [0.2, 0.25) is 5.91 Å². The van der Waals surface area contributed by atoms with Gasteiger partial charge in [-0.15, -0.1) is 0 Å². The molecular formula is C19H29N3O3. The number of hydrogen-bond acceptors (Lipinski definition) is 4. The Morgan fingerprint density at radius 3 is 2.60 bits per heavy atom. The van der Waals surface area contributed by atoms with E-state index in [0.717, 1.165) is 31.7 Å². The first-order valence-corrected chi connectivity index (χ1v) is 9.08. The lowest BCUT2D eigenvalue weighted by molar-refractivity contribution is -0.132. The number of piperidine rings is 1. The Kier molecular flexibility index (Phi) is 4.91. The topological polar surface area (TPSA) is 57.0 Å². The summed E-state index contributed by atoms with van der Waals surface area (Å²) in [6, 6.07) is 2.34. The van der Waals surface area contributed by atoms with Gasteiger partial charge in [-0.05, 0) is 52.8 Å². The van der Waals surface area contributed by atoms with Gasteiger partial charge in [0.05, 0.1) is 5.56 Å². The molecule has 1 aromatic heterocycles. The number of hydrogen-bond donors (Lipinski definition) is 0. The fourth-order valence-electron chi connectivity index (χ4n) is 4.62. The van der Waals surface area contributed by atoms with Crippen LogP contribution in [0.1, 0.15) is 41.6 Å². The van der Waals surface area contributed by atoms with Crippen LogP contribution < -0.4 is 0 Å². The van der Waals surface area contributed by atoms with Crippen LogP contribution in [0.2, 0.25) is 0 Å². The number of nitrogens with zero attached hydrogens (tertiary/aromatic N) is 3. The maximum Gasteiger partial charge on any atom is 0.257 e. The van der Waals surface area contributed by atoms with Crippen molar-refractivity contribution >= 4 is 11.8 Å². The highest BCUT2D eigenvalue weighted by Crippen LogP contribution is 2.36. The zero-order valence-electron chi connectivity index (χ0n) is 15.9. The van der Waals surface area contributed by atoms with Crippen molar-refractivity contribution in [3.63, 3.8) is 0 Å². The van der Waals surface area contributed by atoms with E-state index in [4.69, 9.17) is 4.42 Å². The molecule has 1 aromatic rings. The van der Waals surface area contributed by atoms with E-state index in [1.165, 1.54) is 0 Å². The second kappa shape index (κ2) is 6.83. The first kappa shape index (κ1) is 18.0. The normalized spacial score (nSPS) is 26.2. The minimum absolute atomic E-state index is 0.0539. The molecule has 0 spiro atoms. The van der Waals surface area contributed by atoms with Gasteiger partial charge in [-0.25, -0.2) is 0 Å². The number of likely N-dealkylation sites (tertiary alicyclic amines) is 2. The van der Waals surface area contributed by atoms with Gasteiger partial charge in [-0.1, -0.05) is 0 Å². The molecule has 2 amide bonds. The molecular weight excluding hydrogens is 318 g/mol. The van der Waals surface area contributed by atoms with Crippen molar-refractivity contribution in [3.8, 4) is 0 Å². The summed E-state index contributed by atoms with van der Waals surface area (Å²) in [6.07, 6.45) is 1.82. The average Bonchev–Trinajstić information content (AvgIpc) is 3.04. The van der Waals surface area contributed by atoms with Gasteiger partial charge in [0.15, 0.2) is 0 Å². The summed E-state index contributed by atoms with van der Waals surface area (Å²) < 4.78 is 5.52. The Bertz CT molecular complexity index is 667. The molecule has 0 aromatic carbocycles. The molecule has 3 rings (SSSR count). The zero-order chi connectivity index (χ0) is 18.3. The molecule has 0 saturated carbocycles. The van der Waals surface area contributed by atoms with Gasteiger partial charge in [0.1, 0.15) is 11.5 Å². The molecule has 2 fully saturated rings. The number of carbonyl (C=O) groups is 2. The highest BCUT2D eigenvalue weighted by atomic mass is 16.3. The van der Waals surface area contributed by atoms with Crippen LogP contribution in [0.25, 0.3) is 0 Å². The molecule has 6 nitrogen and oxygen atoms in total. The van der Waals surface area contributed by atoms with Crippen molar-refractivity contribution in [1.29, 1.82) is 0 Å². The molecule has 25 heavy (non-hydrogen) atoms. The van der Waals surface area contributed by atoms with E-state index in [1.807, 2.05) is 38.9 Å². The third kappa shape index (κ3) is 3.45. The summed E-state index contributed by atoms with van der Waals surface area (Å²) in [5.41, 5.74) is 0.669. The Balaban J connectivity index is 1.74. The lowest BCUT2D eigenvalue weighted by Crippen LogP contribution is -2.50. The van der Waals surface area contributed by atoms with Crippen LogP contribution in [0, 0.1) is 19.8 Å². The predicted molar refractivity (Wildman–Crippen MR) is 95.5 cm³/mol. The number of furan rings is 1. The minimum atomic E-state index is 0.0539. The second-order valence-electron chi connectivity index (χ2n) is 7.77. The molecule has 0 unspecified atom stereocenters. The molecule has 138 valence electrons. The smallest absolute Gasteiger partial charge is 0.257 e. The Morgan fingerprint density at radius 2 is 2.04 bits per heavy atom. The summed E-state index contributed by atoms with van der Waals surface area (Å²) in [5, 5.41) is 0. The molecule has 2 saturated heterocycles. The van der Waals surface area contributed by atoms with Gasteiger partial charge >= 0.3 is 0 Å². The molecule has 3 atom stereocenters. The quantitative estimate of drug-likeness (QED) is 0.838. The van der Waals surface area contributed by atoms with Gasteiger partial charge < -0.3 is 19.1 Å². The summed E-state index contributed by atoms with van der Waals surface area (Å²) in [5.74, 6) is 2.02. The average molecular weight is 347 g/mol. The number of fused-ring (bicyclic) bond motifs is 1. The van der Waals surface area contributed by atoms with E-state index < -0.39 is 0 Å². The first-order valence-electron chi connectivity index (χ1n) is 9.08. The summed E-state index contributed by atoms with van der Waals surface area (Å²) in [4.78, 5) is 31.2. The fourth-order valence-corrected chi connectivity index (χ4v) is 4.62. The molecule has 6 heteroatoms. The van der Waals surface area contributed by atoms with E-state index in [-0.39, 0.29) is 23.9 Å². The van der Waals surface area contributed by atoms with Crippen LogP contribution in [0.4, 0.5) is 0 Å². The highest BCUT2D eigenvalue weighted by Gasteiger charge is 2.46. The van der Waals surface area contributed by atoms with Crippen molar-refractivity contribution in [3.05, 3.63) is 23.2 Å². The van der Waals surface area contributed by atoms with Crippen molar-refractivity contribution < 1.29 is 14.0 Å². The monoisotopic (exact) mass is 347 g/mol. The first-order chi connectivity index (χ1) is 11.8. The fraction of sp³-hybridized carbons (Fsp3) is 0.684. The van der Waals surface area contributed by atoms with Crippen molar-refractivity contribution in [2.75, 3.05) is 33.7 Å². The maximum absolute atomic E-state index is 12.9. The standard InChI is InChI=1S/C19H29N3O3/c1-12-8-17(13(2)25-12)19(24)21-7-6-18-15(10-21)9-16(11-20(4)5)22(18)14(3)23/h8,15-16,18H,6-7,9-11H2,1-5H3/t15-,16+,18+/m1/s1. The molecule has 0 bridgehead atoms. The van der Waals surface area contributed by atoms with E-state index in [2.05, 4.69) is 9.80 Å². The lowest BCUT2D eigenvalue weighted by Gasteiger charge is -2.38. The molecule has 0 aliphatic carbocycles. The second-order valence-corrected chi connectivity index (χ2v) is 7.77. The van der Waals surface area contributed by atoms with Crippen molar-refractivity contribution in [1.82, 2.24) is 14.7 Å². The van der Waals surface area contributed by atoms with Gasteiger partial charge in [0.25, 0.3) is 5.91 Å². The number of likely N-dealkylation sites (N-methyl/N-ethyl adjacent to an activating group) is 1. The van der Waals surface area contributed by atoms with Crippen LogP contribution in [-0.4, -0.2) is 72.3 Å². The Hall–Kier alpha value is -1.82. The molecule has 2 aliphatic rings. The number of carbonyl (C=O) groups excluding carboxylic acids is 2. The summed E-state index contributed by atoms with van der Waals surface area (Å²) in [7, 11) is 4.08. The molecule has 0 N–H and O–H groups in total. The lowest BCUT2D eigenvalue weighted by atomic mass is 9.91. The minimum Gasteiger partial charge on any atom is -0.466 e.